The van der Waals surface area contributed by atoms with Crippen molar-refractivity contribution < 1.29 is 8.23 Å². The molecule has 0 fully saturated rings. The van der Waals surface area contributed by atoms with Crippen LogP contribution in [0.15, 0.2) is 60.7 Å². The van der Waals surface area contributed by atoms with Crippen LogP contribution in [0.2, 0.25) is 26.2 Å². The minimum absolute atomic E-state index is 0.871. The van der Waals surface area contributed by atoms with E-state index in [4.69, 9.17) is 8.23 Å². The van der Waals surface area contributed by atoms with Crippen LogP contribution in [-0.2, 0) is 8.23 Å². The molecule has 0 aliphatic rings. The maximum absolute atomic E-state index is 6.60. The molecule has 0 heterocycles. The first-order valence-electron chi connectivity index (χ1n) is 7.32. The summed E-state index contributed by atoms with van der Waals surface area (Å²) in [4.78, 5) is 0. The molecule has 0 aromatic heterocycles. The zero-order valence-corrected chi connectivity index (χ0v) is 16.3. The van der Waals surface area contributed by atoms with Crippen LogP contribution < -0.4 is 10.4 Å². The molecule has 5 heteroatoms. The minimum atomic E-state index is -2.57. The fourth-order valence-corrected chi connectivity index (χ4v) is 11.6. The molecule has 0 aliphatic heterocycles. The molecular weight excluding hydrogens is 308 g/mol. The third-order valence-corrected chi connectivity index (χ3v) is 11.2. The van der Waals surface area contributed by atoms with Crippen molar-refractivity contribution in [3.8, 4) is 0 Å². The van der Waals surface area contributed by atoms with E-state index in [0.717, 1.165) is 0 Å². The maximum atomic E-state index is 6.60. The fourth-order valence-electron chi connectivity index (χ4n) is 2.38. The van der Waals surface area contributed by atoms with Gasteiger partial charge in [-0.05, 0) is 36.6 Å². The van der Waals surface area contributed by atoms with Crippen molar-refractivity contribution in [2.75, 3.05) is 0 Å². The molecule has 0 bridgehead atoms. The quantitative estimate of drug-likeness (QED) is 0.757. The lowest BCUT2D eigenvalue weighted by Gasteiger charge is -2.35. The Labute approximate surface area is 132 Å². The van der Waals surface area contributed by atoms with Crippen LogP contribution in [0.3, 0.4) is 0 Å². The molecule has 0 saturated heterocycles. The highest BCUT2D eigenvalue weighted by molar-refractivity contribution is 6.98. The molecule has 0 unspecified atom stereocenters. The van der Waals surface area contributed by atoms with Gasteiger partial charge in [0.1, 0.15) is 0 Å². The van der Waals surface area contributed by atoms with Gasteiger partial charge in [-0.15, -0.1) is 0 Å². The van der Waals surface area contributed by atoms with E-state index in [9.17, 15) is 0 Å². The number of hydrogen-bond acceptors (Lipinski definition) is 2. The van der Waals surface area contributed by atoms with Crippen molar-refractivity contribution in [1.29, 1.82) is 0 Å². The average Bonchev–Trinajstić information content (AvgIpc) is 2.47. The third-order valence-electron chi connectivity index (χ3n) is 3.06. The Kier molecular flexibility index (Phi) is 5.72. The summed E-state index contributed by atoms with van der Waals surface area (Å²) in [6, 6.07) is 21.0. The Balaban J connectivity index is 2.59. The van der Waals surface area contributed by atoms with Gasteiger partial charge in [0.2, 0.25) is 0 Å². The highest BCUT2D eigenvalue weighted by Gasteiger charge is 2.43. The first-order chi connectivity index (χ1) is 10.0. The summed E-state index contributed by atoms with van der Waals surface area (Å²) in [5.41, 5.74) is 0. The topological polar surface area (TPSA) is 18.5 Å². The first kappa shape index (κ1) is 16.4. The average molecular weight is 332 g/mol. The fraction of sp³-hybridized carbons (Fsp3) is 0.250. The SMILES string of the molecule is C[Si](C)O[Si](O[SiH](C)C)(c1ccccc1)c1ccccc1. The lowest BCUT2D eigenvalue weighted by Crippen LogP contribution is -2.66. The summed E-state index contributed by atoms with van der Waals surface area (Å²) in [6.45, 7) is 8.80. The van der Waals surface area contributed by atoms with Crippen LogP contribution in [0.4, 0.5) is 0 Å². The van der Waals surface area contributed by atoms with Crippen LogP contribution >= 0.6 is 0 Å². The lowest BCUT2D eigenvalue weighted by molar-refractivity contribution is 0.434. The molecule has 111 valence electrons. The first-order valence-corrected chi connectivity index (χ1v) is 14.3. The van der Waals surface area contributed by atoms with Crippen LogP contribution in [-0.4, -0.2) is 26.6 Å². The Morgan fingerprint density at radius 3 is 1.57 bits per heavy atom. The van der Waals surface area contributed by atoms with Gasteiger partial charge in [0.25, 0.3) is 0 Å². The van der Waals surface area contributed by atoms with E-state index < -0.39 is 26.6 Å². The predicted octanol–water partition coefficient (Wildman–Crippen LogP) is 2.51. The molecule has 0 N–H and O–H groups in total. The molecule has 1 radical (unpaired) electrons. The molecule has 0 spiro atoms. The molecule has 2 aromatic rings. The van der Waals surface area contributed by atoms with Crippen LogP contribution in [0.25, 0.3) is 0 Å². The van der Waals surface area contributed by atoms with Crippen molar-refractivity contribution in [3.63, 3.8) is 0 Å². The molecule has 0 amide bonds. The van der Waals surface area contributed by atoms with E-state index in [2.05, 4.69) is 74.7 Å². The standard InChI is InChI=1S/C16H23O2Si3/c1-19(2)17-21(18-20(3)4,15-11-7-5-8-12-15)16-13-9-6-10-14-16/h5-14,19H,1-4H3. The number of benzene rings is 2. The molecule has 0 atom stereocenters. The zero-order chi connectivity index (χ0) is 15.3. The van der Waals surface area contributed by atoms with Gasteiger partial charge in [0.15, 0.2) is 18.1 Å². The van der Waals surface area contributed by atoms with Gasteiger partial charge in [0.05, 0.1) is 0 Å². The van der Waals surface area contributed by atoms with Gasteiger partial charge < -0.3 is 8.23 Å². The van der Waals surface area contributed by atoms with Gasteiger partial charge in [-0.25, -0.2) is 0 Å². The maximum Gasteiger partial charge on any atom is 0.386 e. The van der Waals surface area contributed by atoms with Crippen LogP contribution in [0.5, 0.6) is 0 Å². The van der Waals surface area contributed by atoms with Gasteiger partial charge >= 0.3 is 8.56 Å². The smallest absolute Gasteiger partial charge is 0.386 e. The van der Waals surface area contributed by atoms with Crippen molar-refractivity contribution in [1.82, 2.24) is 0 Å². The summed E-state index contributed by atoms with van der Waals surface area (Å²) in [6.07, 6.45) is 0. The predicted molar refractivity (Wildman–Crippen MR) is 96.4 cm³/mol. The Bertz CT molecular complexity index is 492. The number of hydrogen-bond donors (Lipinski definition) is 0. The van der Waals surface area contributed by atoms with E-state index in [1.165, 1.54) is 10.4 Å². The summed E-state index contributed by atoms with van der Waals surface area (Å²) in [5.74, 6) is 0. The largest absolute Gasteiger partial charge is 0.433 e. The third kappa shape index (κ3) is 4.02. The van der Waals surface area contributed by atoms with E-state index in [1.54, 1.807) is 0 Å². The highest BCUT2D eigenvalue weighted by Crippen LogP contribution is 2.13. The molecule has 0 aliphatic carbocycles. The second kappa shape index (κ2) is 7.33. The van der Waals surface area contributed by atoms with Gasteiger partial charge in [-0.1, -0.05) is 60.7 Å². The molecule has 2 aromatic carbocycles. The highest BCUT2D eigenvalue weighted by atomic mass is 28.5. The van der Waals surface area contributed by atoms with E-state index in [1.807, 2.05) is 12.1 Å². The summed E-state index contributed by atoms with van der Waals surface area (Å²) >= 11 is 0. The number of rotatable bonds is 6. The van der Waals surface area contributed by atoms with Crippen molar-refractivity contribution in [3.05, 3.63) is 60.7 Å². The van der Waals surface area contributed by atoms with Crippen molar-refractivity contribution in [2.24, 2.45) is 0 Å². The molecule has 2 nitrogen and oxygen atoms in total. The van der Waals surface area contributed by atoms with E-state index in [-0.39, 0.29) is 0 Å². The molecule has 2 rings (SSSR count). The Morgan fingerprint density at radius 1 is 0.810 bits per heavy atom. The van der Waals surface area contributed by atoms with E-state index in [0.29, 0.717) is 0 Å². The van der Waals surface area contributed by atoms with Crippen LogP contribution in [0.1, 0.15) is 0 Å². The van der Waals surface area contributed by atoms with Crippen molar-refractivity contribution >= 4 is 37.0 Å². The minimum Gasteiger partial charge on any atom is -0.433 e. The monoisotopic (exact) mass is 331 g/mol. The second-order valence-electron chi connectivity index (χ2n) is 5.53. The summed E-state index contributed by atoms with van der Waals surface area (Å²) in [7, 11) is -4.68. The van der Waals surface area contributed by atoms with Gasteiger partial charge in [-0.2, -0.15) is 0 Å². The summed E-state index contributed by atoms with van der Waals surface area (Å²) < 4.78 is 13.2. The normalized spacial score (nSPS) is 12.1. The van der Waals surface area contributed by atoms with Crippen molar-refractivity contribution in [2.45, 2.75) is 26.2 Å². The van der Waals surface area contributed by atoms with E-state index >= 15 is 0 Å². The molecular formula is C16H23O2Si3. The Morgan fingerprint density at radius 2 is 1.24 bits per heavy atom. The second-order valence-corrected chi connectivity index (χ2v) is 13.6. The van der Waals surface area contributed by atoms with Gasteiger partial charge in [-0.3, -0.25) is 0 Å². The molecule has 21 heavy (non-hydrogen) atoms. The lowest BCUT2D eigenvalue weighted by atomic mass is 10.4. The van der Waals surface area contributed by atoms with Gasteiger partial charge in [0, 0.05) is 0 Å². The Hall–Kier alpha value is -0.989. The van der Waals surface area contributed by atoms with Crippen LogP contribution in [0, 0.1) is 0 Å². The molecule has 0 saturated carbocycles. The summed E-state index contributed by atoms with van der Waals surface area (Å²) in [5, 5.41) is 2.42. The zero-order valence-electron chi connectivity index (χ0n) is 13.2.